The molecule has 0 aliphatic rings. The summed E-state index contributed by atoms with van der Waals surface area (Å²) in [6.45, 7) is 0.709. The Labute approximate surface area is 121 Å². The highest BCUT2D eigenvalue weighted by Crippen LogP contribution is 2.27. The molecule has 0 bridgehead atoms. The topological polar surface area (TPSA) is 80.5 Å². The van der Waals surface area contributed by atoms with Crippen LogP contribution in [0.4, 0.5) is 10.8 Å². The van der Waals surface area contributed by atoms with Crippen molar-refractivity contribution < 1.29 is 9.63 Å². The molecule has 0 saturated carbocycles. The van der Waals surface area contributed by atoms with Gasteiger partial charge >= 0.3 is 0 Å². The van der Waals surface area contributed by atoms with Crippen molar-refractivity contribution in [2.75, 3.05) is 31.8 Å². The molecule has 108 valence electrons. The molecule has 0 aliphatic heterocycles. The summed E-state index contributed by atoms with van der Waals surface area (Å²) in [7, 11) is 3.43. The Kier molecular flexibility index (Phi) is 4.89. The summed E-state index contributed by atoms with van der Waals surface area (Å²) in [6, 6.07) is 5.51. The van der Waals surface area contributed by atoms with Crippen molar-refractivity contribution in [3.8, 4) is 0 Å². The van der Waals surface area contributed by atoms with Crippen molar-refractivity contribution in [2.45, 2.75) is 12.8 Å². The minimum absolute atomic E-state index is 0.0402. The monoisotopic (exact) mass is 294 g/mol. The number of benzene rings is 1. The summed E-state index contributed by atoms with van der Waals surface area (Å²) < 4.78 is 0.972. The van der Waals surface area contributed by atoms with Gasteiger partial charge in [0.2, 0.25) is 5.91 Å². The lowest BCUT2D eigenvalue weighted by Gasteiger charge is -2.12. The molecule has 7 heteroatoms. The van der Waals surface area contributed by atoms with Gasteiger partial charge in [0.1, 0.15) is 0 Å². The van der Waals surface area contributed by atoms with Gasteiger partial charge < -0.3 is 15.9 Å². The number of hydrogen-bond acceptors (Lipinski definition) is 6. The average molecular weight is 294 g/mol. The number of amides is 1. The average Bonchev–Trinajstić information content (AvgIpc) is 2.79. The highest BCUT2D eigenvalue weighted by Gasteiger charge is 2.08. The molecule has 20 heavy (non-hydrogen) atoms. The van der Waals surface area contributed by atoms with Gasteiger partial charge in [-0.1, -0.05) is 11.3 Å². The fraction of sp³-hybridized carbons (Fsp3) is 0.385. The Balaban J connectivity index is 1.89. The Bertz CT molecular complexity index is 599. The Morgan fingerprint density at radius 2 is 2.35 bits per heavy atom. The van der Waals surface area contributed by atoms with E-state index in [9.17, 15) is 4.79 Å². The number of carbonyl (C=O) groups is 1. The maximum Gasteiger partial charge on any atom is 0.226 e. The number of hydroxylamine groups is 2. The molecule has 0 unspecified atom stereocenters. The van der Waals surface area contributed by atoms with Gasteiger partial charge in [0.25, 0.3) is 0 Å². The summed E-state index contributed by atoms with van der Waals surface area (Å²) in [4.78, 5) is 21.1. The molecule has 3 N–H and O–H groups in total. The van der Waals surface area contributed by atoms with Crippen LogP contribution < -0.4 is 11.1 Å². The van der Waals surface area contributed by atoms with Gasteiger partial charge in [-0.3, -0.25) is 4.79 Å². The molecular weight excluding hydrogens is 276 g/mol. The van der Waals surface area contributed by atoms with E-state index in [0.29, 0.717) is 23.8 Å². The number of fused-ring (bicyclic) bond motifs is 1. The number of rotatable bonds is 6. The molecule has 0 atom stereocenters. The van der Waals surface area contributed by atoms with Crippen molar-refractivity contribution in [3.63, 3.8) is 0 Å². The predicted molar refractivity (Wildman–Crippen MR) is 81.5 cm³/mol. The molecule has 0 radical (unpaired) electrons. The second-order valence-electron chi connectivity index (χ2n) is 4.43. The first-order valence-electron chi connectivity index (χ1n) is 6.29. The molecule has 1 aromatic heterocycles. The quantitative estimate of drug-likeness (QED) is 0.630. The second-order valence-corrected chi connectivity index (χ2v) is 5.46. The van der Waals surface area contributed by atoms with E-state index in [4.69, 9.17) is 10.6 Å². The first-order valence-corrected chi connectivity index (χ1v) is 7.11. The molecule has 2 rings (SSSR count). The summed E-state index contributed by atoms with van der Waals surface area (Å²) in [5, 5.41) is 5.11. The number of nitrogens with zero attached hydrogens (tertiary/aromatic N) is 2. The van der Waals surface area contributed by atoms with Gasteiger partial charge in [-0.25, -0.2) is 4.98 Å². The van der Waals surface area contributed by atoms with Crippen molar-refractivity contribution >= 4 is 38.3 Å². The number of nitrogen functional groups attached to an aromatic ring is 1. The normalized spacial score (nSPS) is 11.2. The summed E-state index contributed by atoms with van der Waals surface area (Å²) in [5.74, 6) is -0.0402. The smallest absolute Gasteiger partial charge is 0.226 e. The molecule has 0 aliphatic carbocycles. The van der Waals surface area contributed by atoms with Crippen LogP contribution in [-0.2, 0) is 9.63 Å². The van der Waals surface area contributed by atoms with Crippen LogP contribution in [0.15, 0.2) is 18.2 Å². The zero-order valence-electron chi connectivity index (χ0n) is 11.5. The van der Waals surface area contributed by atoms with Gasteiger partial charge in [0, 0.05) is 25.7 Å². The zero-order valence-corrected chi connectivity index (χ0v) is 12.4. The van der Waals surface area contributed by atoms with Crippen molar-refractivity contribution in [1.29, 1.82) is 0 Å². The molecule has 0 spiro atoms. The van der Waals surface area contributed by atoms with E-state index in [1.807, 2.05) is 19.2 Å². The van der Waals surface area contributed by atoms with Gasteiger partial charge in [-0.2, -0.15) is 5.06 Å². The minimum Gasteiger partial charge on any atom is -0.399 e. The van der Waals surface area contributed by atoms with Crippen molar-refractivity contribution in [3.05, 3.63) is 18.2 Å². The summed E-state index contributed by atoms with van der Waals surface area (Å²) in [5.41, 5.74) is 7.26. The maximum atomic E-state index is 11.8. The number of nitrogens with one attached hydrogen (secondary N) is 1. The zero-order chi connectivity index (χ0) is 14.5. The van der Waals surface area contributed by atoms with E-state index in [-0.39, 0.29) is 5.91 Å². The van der Waals surface area contributed by atoms with Crippen LogP contribution in [0.5, 0.6) is 0 Å². The molecule has 1 amide bonds. The SMILES string of the molecule is CON(C)CCCC(=O)Nc1nc2ccc(N)cc2s1. The molecule has 0 saturated heterocycles. The van der Waals surface area contributed by atoms with Crippen LogP contribution in [0.1, 0.15) is 12.8 Å². The maximum absolute atomic E-state index is 11.8. The van der Waals surface area contributed by atoms with E-state index in [0.717, 1.165) is 16.6 Å². The standard InChI is InChI=1S/C13H18N4O2S/c1-17(19-2)7-3-4-12(18)16-13-15-10-6-5-9(14)8-11(10)20-13/h5-6,8H,3-4,7,14H2,1-2H3,(H,15,16,18). The number of aromatic nitrogens is 1. The number of anilines is 2. The summed E-state index contributed by atoms with van der Waals surface area (Å²) >= 11 is 1.43. The van der Waals surface area contributed by atoms with Gasteiger partial charge in [-0.15, -0.1) is 0 Å². The Hall–Kier alpha value is -1.70. The highest BCUT2D eigenvalue weighted by molar-refractivity contribution is 7.22. The molecule has 2 aromatic rings. The third-order valence-electron chi connectivity index (χ3n) is 2.85. The predicted octanol–water partition coefficient (Wildman–Crippen LogP) is 2.09. The van der Waals surface area contributed by atoms with E-state index in [2.05, 4.69) is 10.3 Å². The van der Waals surface area contributed by atoms with E-state index in [1.165, 1.54) is 11.3 Å². The van der Waals surface area contributed by atoms with Crippen LogP contribution >= 0.6 is 11.3 Å². The second kappa shape index (κ2) is 6.65. The lowest BCUT2D eigenvalue weighted by molar-refractivity contribution is -0.119. The Morgan fingerprint density at radius 3 is 3.10 bits per heavy atom. The largest absolute Gasteiger partial charge is 0.399 e. The van der Waals surface area contributed by atoms with Crippen LogP contribution in [0, 0.1) is 0 Å². The van der Waals surface area contributed by atoms with E-state index < -0.39 is 0 Å². The Morgan fingerprint density at radius 1 is 1.55 bits per heavy atom. The molecule has 1 aromatic carbocycles. The van der Waals surface area contributed by atoms with Crippen LogP contribution in [0.2, 0.25) is 0 Å². The molecule has 1 heterocycles. The van der Waals surface area contributed by atoms with Crippen LogP contribution in [0.3, 0.4) is 0 Å². The lowest BCUT2D eigenvalue weighted by atomic mass is 10.3. The number of nitrogens with two attached hydrogens (primary N) is 1. The van der Waals surface area contributed by atoms with Crippen molar-refractivity contribution in [1.82, 2.24) is 10.0 Å². The molecule has 6 nitrogen and oxygen atoms in total. The fourth-order valence-corrected chi connectivity index (χ4v) is 2.66. The number of carbonyl (C=O) groups excluding carboxylic acids is 1. The fourth-order valence-electron chi connectivity index (χ4n) is 1.73. The van der Waals surface area contributed by atoms with Gasteiger partial charge in [0.15, 0.2) is 5.13 Å². The van der Waals surface area contributed by atoms with Crippen molar-refractivity contribution in [2.24, 2.45) is 0 Å². The van der Waals surface area contributed by atoms with Gasteiger partial charge in [0.05, 0.1) is 17.3 Å². The first kappa shape index (κ1) is 14.7. The highest BCUT2D eigenvalue weighted by atomic mass is 32.1. The minimum atomic E-state index is -0.0402. The molecule has 0 fully saturated rings. The first-order chi connectivity index (χ1) is 9.58. The molecular formula is C13H18N4O2S. The summed E-state index contributed by atoms with van der Waals surface area (Å²) in [6.07, 6.45) is 1.17. The van der Waals surface area contributed by atoms with E-state index >= 15 is 0 Å². The lowest BCUT2D eigenvalue weighted by Crippen LogP contribution is -2.20. The number of thiazole rings is 1. The third kappa shape index (κ3) is 3.89. The van der Waals surface area contributed by atoms with Crippen LogP contribution in [0.25, 0.3) is 10.2 Å². The van der Waals surface area contributed by atoms with Crippen LogP contribution in [-0.4, -0.2) is 36.7 Å². The third-order valence-corrected chi connectivity index (χ3v) is 3.78. The van der Waals surface area contributed by atoms with E-state index in [1.54, 1.807) is 18.2 Å². The number of hydrogen-bond donors (Lipinski definition) is 2. The van der Waals surface area contributed by atoms with Gasteiger partial charge in [-0.05, 0) is 24.6 Å².